The van der Waals surface area contributed by atoms with Crippen molar-refractivity contribution >= 4 is 34.6 Å². The number of benzene rings is 1. The Morgan fingerprint density at radius 2 is 1.93 bits per heavy atom. The maximum absolute atomic E-state index is 12.7. The molecule has 3 heterocycles. The molecule has 1 aliphatic heterocycles. The third-order valence-electron chi connectivity index (χ3n) is 5.11. The number of piperazine rings is 1. The fourth-order valence-electron chi connectivity index (χ4n) is 3.46. The van der Waals surface area contributed by atoms with Gasteiger partial charge < -0.3 is 15.0 Å². The highest BCUT2D eigenvalue weighted by Gasteiger charge is 2.26. The zero-order valence-electron chi connectivity index (χ0n) is 16.9. The van der Waals surface area contributed by atoms with E-state index in [0.717, 1.165) is 42.4 Å². The van der Waals surface area contributed by atoms with Gasteiger partial charge in [-0.25, -0.2) is 0 Å². The molecular formula is C19H23N7O3S. The molecule has 0 saturated carbocycles. The summed E-state index contributed by atoms with van der Waals surface area (Å²) in [5, 5.41) is 7.09. The predicted molar refractivity (Wildman–Crippen MR) is 112 cm³/mol. The molecule has 10 nitrogen and oxygen atoms in total. The van der Waals surface area contributed by atoms with Crippen LogP contribution in [0.1, 0.15) is 20.7 Å². The summed E-state index contributed by atoms with van der Waals surface area (Å²) >= 11 is 1.14. The van der Waals surface area contributed by atoms with Gasteiger partial charge >= 0.3 is 0 Å². The number of carbonyl (C=O) groups is 2. The fourth-order valence-corrected chi connectivity index (χ4v) is 3.98. The van der Waals surface area contributed by atoms with Gasteiger partial charge in [0.05, 0.1) is 18.8 Å². The lowest BCUT2D eigenvalue weighted by atomic mass is 10.2. The van der Waals surface area contributed by atoms with Gasteiger partial charge in [-0.05, 0) is 18.2 Å². The predicted octanol–water partition coefficient (Wildman–Crippen LogP) is 0.621. The second-order valence-corrected chi connectivity index (χ2v) is 7.61. The van der Waals surface area contributed by atoms with Crippen molar-refractivity contribution in [1.29, 1.82) is 0 Å². The van der Waals surface area contributed by atoms with E-state index in [1.54, 1.807) is 36.1 Å². The van der Waals surface area contributed by atoms with Crippen LogP contribution in [-0.2, 0) is 7.05 Å². The molecule has 0 bridgehead atoms. The Morgan fingerprint density at radius 3 is 2.70 bits per heavy atom. The van der Waals surface area contributed by atoms with Crippen LogP contribution in [0.15, 0.2) is 24.4 Å². The average molecular weight is 430 g/mol. The number of hydrogen-bond donors (Lipinski definition) is 1. The quantitative estimate of drug-likeness (QED) is 0.612. The first-order valence-electron chi connectivity index (χ1n) is 9.65. The van der Waals surface area contributed by atoms with Gasteiger partial charge in [0, 0.05) is 58.1 Å². The molecule has 1 N–H and O–H groups in total. The van der Waals surface area contributed by atoms with Gasteiger partial charge in [-0.15, -0.1) is 5.10 Å². The van der Waals surface area contributed by atoms with Crippen LogP contribution in [-0.4, -0.2) is 86.5 Å². The minimum atomic E-state index is -0.123. The van der Waals surface area contributed by atoms with E-state index in [1.807, 2.05) is 4.90 Å². The van der Waals surface area contributed by atoms with E-state index in [2.05, 4.69) is 24.1 Å². The molecule has 0 unspecified atom stereocenters. The van der Waals surface area contributed by atoms with Gasteiger partial charge in [0.15, 0.2) is 0 Å². The number of aryl methyl sites for hydroxylation is 1. The summed E-state index contributed by atoms with van der Waals surface area (Å²) in [5.74, 6) is 0.154. The van der Waals surface area contributed by atoms with Crippen LogP contribution in [0.4, 0.5) is 0 Å². The number of ether oxygens (including phenoxy) is 1. The molecule has 1 saturated heterocycles. The highest BCUT2D eigenvalue weighted by atomic mass is 32.1. The van der Waals surface area contributed by atoms with E-state index < -0.39 is 0 Å². The molecular weight excluding hydrogens is 406 g/mol. The molecule has 2 aromatic heterocycles. The number of methoxy groups -OCH3 is 1. The molecule has 30 heavy (non-hydrogen) atoms. The molecule has 4 rings (SSSR count). The van der Waals surface area contributed by atoms with Crippen molar-refractivity contribution in [3.8, 4) is 5.88 Å². The normalized spacial score (nSPS) is 14.8. The van der Waals surface area contributed by atoms with Crippen molar-refractivity contribution in [2.75, 3.05) is 46.4 Å². The first kappa shape index (κ1) is 20.2. The van der Waals surface area contributed by atoms with Crippen LogP contribution in [0.2, 0.25) is 0 Å². The third kappa shape index (κ3) is 4.26. The van der Waals surface area contributed by atoms with E-state index in [9.17, 15) is 9.59 Å². The van der Waals surface area contributed by atoms with Crippen LogP contribution in [0.25, 0.3) is 11.0 Å². The van der Waals surface area contributed by atoms with Gasteiger partial charge in [-0.2, -0.15) is 8.75 Å². The van der Waals surface area contributed by atoms with Gasteiger partial charge in [-0.1, -0.05) is 0 Å². The average Bonchev–Trinajstić information content (AvgIpc) is 3.39. The van der Waals surface area contributed by atoms with Crippen molar-refractivity contribution in [2.45, 2.75) is 0 Å². The fraction of sp³-hybridized carbons (Fsp3) is 0.421. The first-order valence-corrected chi connectivity index (χ1v) is 10.4. The Kier molecular flexibility index (Phi) is 5.91. The Balaban J connectivity index is 1.24. The summed E-state index contributed by atoms with van der Waals surface area (Å²) in [6, 6.07) is 5.32. The lowest BCUT2D eigenvalue weighted by Gasteiger charge is -2.34. The summed E-state index contributed by atoms with van der Waals surface area (Å²) < 4.78 is 15.1. The molecule has 0 atom stereocenters. The Hall–Kier alpha value is -3.05. The number of carbonyl (C=O) groups excluding carboxylic acids is 2. The minimum absolute atomic E-state index is 0.0696. The second-order valence-electron chi connectivity index (χ2n) is 7.08. The van der Waals surface area contributed by atoms with E-state index in [0.29, 0.717) is 36.6 Å². The molecule has 158 valence electrons. The maximum Gasteiger partial charge on any atom is 0.261 e. The highest BCUT2D eigenvalue weighted by Crippen LogP contribution is 2.18. The van der Waals surface area contributed by atoms with Crippen molar-refractivity contribution in [3.05, 3.63) is 35.5 Å². The largest absolute Gasteiger partial charge is 0.479 e. The Morgan fingerprint density at radius 1 is 1.17 bits per heavy atom. The molecule has 0 radical (unpaired) electrons. The number of hydrogen-bond acceptors (Lipinski definition) is 8. The number of amides is 2. The van der Waals surface area contributed by atoms with Crippen LogP contribution in [0.5, 0.6) is 5.88 Å². The SMILES string of the molecule is COc1nn(C)cc1C(=O)N1CCN(CCNC(=O)c2ccc3nsnc3c2)CC1. The molecule has 0 spiro atoms. The lowest BCUT2D eigenvalue weighted by molar-refractivity contribution is 0.0635. The lowest BCUT2D eigenvalue weighted by Crippen LogP contribution is -2.50. The summed E-state index contributed by atoms with van der Waals surface area (Å²) in [4.78, 5) is 29.2. The molecule has 1 aromatic carbocycles. The topological polar surface area (TPSA) is 105 Å². The molecule has 3 aromatic rings. The van der Waals surface area contributed by atoms with Crippen molar-refractivity contribution < 1.29 is 14.3 Å². The smallest absolute Gasteiger partial charge is 0.261 e. The third-order valence-corrected chi connectivity index (χ3v) is 5.66. The number of aromatic nitrogens is 4. The molecule has 1 aliphatic rings. The van der Waals surface area contributed by atoms with Crippen molar-refractivity contribution in [2.24, 2.45) is 7.05 Å². The standard InChI is InChI=1S/C19H23N7O3S/c1-24-12-14(18(21-24)29-2)19(28)26-9-7-25(8-10-26)6-5-20-17(27)13-3-4-15-16(11-13)23-30-22-15/h3-4,11-12H,5-10H2,1-2H3,(H,20,27). The minimum Gasteiger partial charge on any atom is -0.479 e. The van der Waals surface area contributed by atoms with Gasteiger partial charge in [0.2, 0.25) is 5.88 Å². The molecule has 11 heteroatoms. The second kappa shape index (κ2) is 8.76. The number of fused-ring (bicyclic) bond motifs is 1. The first-order chi connectivity index (χ1) is 14.5. The van der Waals surface area contributed by atoms with Gasteiger partial charge in [0.25, 0.3) is 11.8 Å². The summed E-state index contributed by atoms with van der Waals surface area (Å²) in [7, 11) is 3.27. The molecule has 2 amide bonds. The number of nitrogens with zero attached hydrogens (tertiary/aromatic N) is 6. The van der Waals surface area contributed by atoms with E-state index in [-0.39, 0.29) is 11.8 Å². The zero-order chi connectivity index (χ0) is 21.1. The van der Waals surface area contributed by atoms with Crippen molar-refractivity contribution in [1.82, 2.24) is 33.6 Å². The van der Waals surface area contributed by atoms with E-state index >= 15 is 0 Å². The molecule has 0 aliphatic carbocycles. The summed E-state index contributed by atoms with van der Waals surface area (Å²) in [5.41, 5.74) is 2.59. The number of nitrogens with one attached hydrogen (secondary N) is 1. The highest BCUT2D eigenvalue weighted by molar-refractivity contribution is 7.00. The van der Waals surface area contributed by atoms with Gasteiger partial charge in [-0.3, -0.25) is 19.2 Å². The van der Waals surface area contributed by atoms with E-state index in [1.165, 1.54) is 7.11 Å². The Labute approximate surface area is 177 Å². The Bertz CT molecular complexity index is 1060. The van der Waals surface area contributed by atoms with Crippen LogP contribution in [0, 0.1) is 0 Å². The van der Waals surface area contributed by atoms with E-state index in [4.69, 9.17) is 4.74 Å². The van der Waals surface area contributed by atoms with Gasteiger partial charge in [0.1, 0.15) is 16.6 Å². The van der Waals surface area contributed by atoms with Crippen LogP contribution in [0.3, 0.4) is 0 Å². The number of rotatable bonds is 6. The van der Waals surface area contributed by atoms with Crippen LogP contribution >= 0.6 is 11.7 Å². The summed E-state index contributed by atoms with van der Waals surface area (Å²) in [6.07, 6.45) is 1.68. The maximum atomic E-state index is 12.7. The zero-order valence-corrected chi connectivity index (χ0v) is 17.7. The van der Waals surface area contributed by atoms with Crippen molar-refractivity contribution in [3.63, 3.8) is 0 Å². The molecule has 1 fully saturated rings. The monoisotopic (exact) mass is 429 g/mol. The van der Waals surface area contributed by atoms with Crippen LogP contribution < -0.4 is 10.1 Å². The summed E-state index contributed by atoms with van der Waals surface area (Å²) in [6.45, 7) is 4.01.